The van der Waals surface area contributed by atoms with Crippen LogP contribution >= 0.6 is 0 Å². The molecule has 1 rings (SSSR count). The maximum Gasteiger partial charge on any atom is 0.223 e. The molecule has 0 radical (unpaired) electrons. The van der Waals surface area contributed by atoms with Gasteiger partial charge in [-0.25, -0.2) is 9.97 Å². The Morgan fingerprint density at radius 3 is 2.83 bits per heavy atom. The second-order valence-corrected chi connectivity index (χ2v) is 2.72. The van der Waals surface area contributed by atoms with Crippen LogP contribution in [0.4, 0.5) is 5.95 Å². The van der Waals surface area contributed by atoms with Crippen molar-refractivity contribution in [3.63, 3.8) is 0 Å². The lowest BCUT2D eigenvalue weighted by atomic mass is 10.2. The summed E-state index contributed by atoms with van der Waals surface area (Å²) in [6.45, 7) is 2.17. The fraction of sp³-hybridized carbons (Fsp3) is 0.625. The molecule has 12 heavy (non-hydrogen) atoms. The number of hydrogen-bond donors (Lipinski definition) is 1. The zero-order chi connectivity index (χ0) is 8.81. The van der Waals surface area contributed by atoms with E-state index in [4.69, 9.17) is 5.73 Å². The van der Waals surface area contributed by atoms with Gasteiger partial charge in [-0.2, -0.15) is 4.98 Å². The van der Waals surface area contributed by atoms with Gasteiger partial charge in [-0.3, -0.25) is 0 Å². The summed E-state index contributed by atoms with van der Waals surface area (Å²) in [5.74, 6) is 1.12. The Balaban J connectivity index is 2.41. The van der Waals surface area contributed by atoms with Crippen LogP contribution in [0.2, 0.25) is 0 Å². The smallest absolute Gasteiger partial charge is 0.223 e. The van der Waals surface area contributed by atoms with Gasteiger partial charge in [0.2, 0.25) is 5.95 Å². The molecule has 2 N–H and O–H groups in total. The molecule has 66 valence electrons. The van der Waals surface area contributed by atoms with Gasteiger partial charge in [-0.1, -0.05) is 19.8 Å². The zero-order valence-corrected chi connectivity index (χ0v) is 7.32. The molecule has 0 saturated carbocycles. The van der Waals surface area contributed by atoms with Crippen LogP contribution in [0.1, 0.15) is 32.0 Å². The number of nitrogen functional groups attached to an aromatic ring is 1. The standard InChI is InChI=1S/C8H14N4/c1-2-3-4-5-7-10-6-11-8(9)12-7/h6H,2-5H2,1H3,(H2,9,10,11,12). The zero-order valence-electron chi connectivity index (χ0n) is 7.32. The fourth-order valence-corrected chi connectivity index (χ4v) is 0.998. The first-order valence-corrected chi connectivity index (χ1v) is 4.26. The number of rotatable bonds is 4. The van der Waals surface area contributed by atoms with Gasteiger partial charge in [0.05, 0.1) is 0 Å². The Labute approximate surface area is 72.3 Å². The van der Waals surface area contributed by atoms with Crippen LogP contribution in [-0.2, 0) is 6.42 Å². The number of hydrogen-bond acceptors (Lipinski definition) is 4. The van der Waals surface area contributed by atoms with Gasteiger partial charge in [-0.05, 0) is 6.42 Å². The molecule has 1 heterocycles. The first-order valence-electron chi connectivity index (χ1n) is 4.26. The number of nitrogens with zero attached hydrogens (tertiary/aromatic N) is 3. The molecule has 0 atom stereocenters. The minimum absolute atomic E-state index is 0.316. The van der Waals surface area contributed by atoms with Crippen LogP contribution in [-0.4, -0.2) is 15.0 Å². The van der Waals surface area contributed by atoms with E-state index in [-0.39, 0.29) is 0 Å². The molecule has 4 heteroatoms. The topological polar surface area (TPSA) is 64.7 Å². The second-order valence-electron chi connectivity index (χ2n) is 2.72. The lowest BCUT2D eigenvalue weighted by molar-refractivity contribution is 0.691. The summed E-state index contributed by atoms with van der Waals surface area (Å²) in [5.41, 5.74) is 5.40. The molecular formula is C8H14N4. The van der Waals surface area contributed by atoms with Gasteiger partial charge >= 0.3 is 0 Å². The van der Waals surface area contributed by atoms with Crippen molar-refractivity contribution in [2.45, 2.75) is 32.6 Å². The van der Waals surface area contributed by atoms with Gasteiger partial charge in [0.15, 0.2) is 0 Å². The van der Waals surface area contributed by atoms with Gasteiger partial charge < -0.3 is 5.73 Å². The average Bonchev–Trinajstić information content (AvgIpc) is 2.05. The summed E-state index contributed by atoms with van der Waals surface area (Å²) < 4.78 is 0. The van der Waals surface area contributed by atoms with Crippen LogP contribution in [0.15, 0.2) is 6.33 Å². The van der Waals surface area contributed by atoms with E-state index in [1.165, 1.54) is 19.2 Å². The molecule has 0 aromatic carbocycles. The molecule has 0 saturated heterocycles. The Hall–Kier alpha value is -1.19. The third-order valence-corrected chi connectivity index (χ3v) is 1.64. The largest absolute Gasteiger partial charge is 0.368 e. The molecule has 0 aliphatic carbocycles. The summed E-state index contributed by atoms with van der Waals surface area (Å²) in [4.78, 5) is 11.7. The van der Waals surface area contributed by atoms with Crippen molar-refractivity contribution >= 4 is 5.95 Å². The van der Waals surface area contributed by atoms with E-state index in [0.717, 1.165) is 18.7 Å². The summed E-state index contributed by atoms with van der Waals surface area (Å²) in [5, 5.41) is 0. The highest BCUT2D eigenvalue weighted by Gasteiger charge is 1.96. The lowest BCUT2D eigenvalue weighted by Gasteiger charge is -1.98. The maximum atomic E-state index is 5.40. The van der Waals surface area contributed by atoms with E-state index >= 15 is 0 Å². The fourth-order valence-electron chi connectivity index (χ4n) is 0.998. The number of anilines is 1. The van der Waals surface area contributed by atoms with E-state index in [9.17, 15) is 0 Å². The monoisotopic (exact) mass is 166 g/mol. The Morgan fingerprint density at radius 1 is 1.33 bits per heavy atom. The normalized spacial score (nSPS) is 10.1. The lowest BCUT2D eigenvalue weighted by Crippen LogP contribution is -2.01. The van der Waals surface area contributed by atoms with E-state index in [1.807, 2.05) is 0 Å². The molecule has 0 spiro atoms. The summed E-state index contributed by atoms with van der Waals surface area (Å²) in [7, 11) is 0. The maximum absolute atomic E-state index is 5.40. The Bertz CT molecular complexity index is 236. The van der Waals surface area contributed by atoms with E-state index < -0.39 is 0 Å². The molecule has 1 aromatic rings. The van der Waals surface area contributed by atoms with Crippen LogP contribution < -0.4 is 5.73 Å². The molecular weight excluding hydrogens is 152 g/mol. The molecule has 0 fully saturated rings. The highest BCUT2D eigenvalue weighted by atomic mass is 15.1. The number of aryl methyl sites for hydroxylation is 1. The highest BCUT2D eigenvalue weighted by Crippen LogP contribution is 2.01. The van der Waals surface area contributed by atoms with Crippen molar-refractivity contribution in [3.8, 4) is 0 Å². The van der Waals surface area contributed by atoms with E-state index in [1.54, 1.807) is 0 Å². The van der Waals surface area contributed by atoms with Crippen LogP contribution in [0.3, 0.4) is 0 Å². The van der Waals surface area contributed by atoms with Crippen molar-refractivity contribution in [2.75, 3.05) is 5.73 Å². The quantitative estimate of drug-likeness (QED) is 0.682. The SMILES string of the molecule is CCCCCc1ncnc(N)n1. The molecule has 0 bridgehead atoms. The Morgan fingerprint density at radius 2 is 2.17 bits per heavy atom. The van der Waals surface area contributed by atoms with Gasteiger partial charge in [0.1, 0.15) is 12.2 Å². The number of nitrogens with two attached hydrogens (primary N) is 1. The van der Waals surface area contributed by atoms with Crippen LogP contribution in [0.5, 0.6) is 0 Å². The number of aromatic nitrogens is 3. The first-order chi connectivity index (χ1) is 5.83. The van der Waals surface area contributed by atoms with Crippen molar-refractivity contribution < 1.29 is 0 Å². The predicted octanol–water partition coefficient (Wildman–Crippen LogP) is 1.19. The first kappa shape index (κ1) is 8.90. The Kier molecular flexibility index (Phi) is 3.44. The van der Waals surface area contributed by atoms with Gasteiger partial charge in [-0.15, -0.1) is 0 Å². The number of unbranched alkanes of at least 4 members (excludes halogenated alkanes) is 2. The second kappa shape index (κ2) is 4.64. The van der Waals surface area contributed by atoms with Crippen molar-refractivity contribution in [3.05, 3.63) is 12.2 Å². The minimum Gasteiger partial charge on any atom is -0.368 e. The third-order valence-electron chi connectivity index (χ3n) is 1.64. The molecule has 4 nitrogen and oxygen atoms in total. The van der Waals surface area contributed by atoms with Crippen LogP contribution in [0, 0.1) is 0 Å². The minimum atomic E-state index is 0.316. The summed E-state index contributed by atoms with van der Waals surface area (Å²) >= 11 is 0. The van der Waals surface area contributed by atoms with E-state index in [2.05, 4.69) is 21.9 Å². The van der Waals surface area contributed by atoms with Crippen molar-refractivity contribution in [1.29, 1.82) is 0 Å². The predicted molar refractivity (Wildman–Crippen MR) is 47.5 cm³/mol. The third kappa shape index (κ3) is 2.82. The molecule has 0 unspecified atom stereocenters. The van der Waals surface area contributed by atoms with Gasteiger partial charge in [0.25, 0.3) is 0 Å². The van der Waals surface area contributed by atoms with Gasteiger partial charge in [0, 0.05) is 6.42 Å². The molecule has 1 aromatic heterocycles. The summed E-state index contributed by atoms with van der Waals surface area (Å²) in [6, 6.07) is 0. The molecule has 0 aliphatic rings. The summed E-state index contributed by atoms with van der Waals surface area (Å²) in [6.07, 6.45) is 5.91. The van der Waals surface area contributed by atoms with Crippen LogP contribution in [0.25, 0.3) is 0 Å². The average molecular weight is 166 g/mol. The van der Waals surface area contributed by atoms with Crippen molar-refractivity contribution in [1.82, 2.24) is 15.0 Å². The highest BCUT2D eigenvalue weighted by molar-refractivity contribution is 5.12. The molecule has 0 amide bonds. The van der Waals surface area contributed by atoms with E-state index in [0.29, 0.717) is 5.95 Å². The molecule has 0 aliphatic heterocycles. The van der Waals surface area contributed by atoms with Crippen molar-refractivity contribution in [2.24, 2.45) is 0 Å².